The number of rotatable bonds is 3. The van der Waals surface area contributed by atoms with Gasteiger partial charge < -0.3 is 0 Å². The van der Waals surface area contributed by atoms with E-state index in [1.807, 2.05) is 12.1 Å². The number of hydrogen-bond donors (Lipinski definition) is 0. The molecule has 78 valence electrons. The molecule has 0 saturated heterocycles. The molecule has 3 heteroatoms. The van der Waals surface area contributed by atoms with Crippen LogP contribution in [0.1, 0.15) is 9.75 Å². The van der Waals surface area contributed by atoms with Gasteiger partial charge in [0.05, 0.1) is 0 Å². The van der Waals surface area contributed by atoms with Crippen LogP contribution in [0.2, 0.25) is 0 Å². The maximum Gasteiger partial charge on any atom is 2.00 e. The Bertz CT molecular complexity index is 394. The zero-order valence-corrected chi connectivity index (χ0v) is 10.6. The molecule has 0 amide bonds. The van der Waals surface area contributed by atoms with E-state index in [1.54, 1.807) is 22.7 Å². The summed E-state index contributed by atoms with van der Waals surface area (Å²) in [5.74, 6) is 0. The number of allylic oxidation sites excluding steroid dienone is 2. The quantitative estimate of drug-likeness (QED) is 0.571. The van der Waals surface area contributed by atoms with E-state index in [4.69, 9.17) is 0 Å². The first-order valence-electron chi connectivity index (χ1n) is 4.25. The summed E-state index contributed by atoms with van der Waals surface area (Å²) in [6, 6.07) is 8.22. The fourth-order valence-electron chi connectivity index (χ4n) is 1.20. The van der Waals surface area contributed by atoms with E-state index >= 15 is 0 Å². The average Bonchev–Trinajstić information content (AvgIpc) is 2.87. The molecule has 0 aromatic carbocycles. The van der Waals surface area contributed by atoms with Gasteiger partial charge >= 0.3 is 16.5 Å². The molecule has 2 aromatic heterocycles. The largest absolute Gasteiger partial charge is 2.00 e. The summed E-state index contributed by atoms with van der Waals surface area (Å²) in [4.78, 5) is 2.40. The van der Waals surface area contributed by atoms with Crippen LogP contribution in [-0.4, -0.2) is 0 Å². The Kier molecular flexibility index (Phi) is 4.53. The van der Waals surface area contributed by atoms with Gasteiger partial charge in [-0.1, -0.05) is 25.3 Å². The molecule has 0 radical (unpaired) electrons. The van der Waals surface area contributed by atoms with E-state index in [1.165, 1.54) is 9.75 Å². The summed E-state index contributed by atoms with van der Waals surface area (Å²) in [5.41, 5.74) is 2.06. The Morgan fingerprint density at radius 3 is 1.53 bits per heavy atom. The van der Waals surface area contributed by atoms with Crippen LogP contribution >= 0.6 is 22.7 Å². The van der Waals surface area contributed by atoms with Crippen LogP contribution in [0.5, 0.6) is 0 Å². The number of hydrogen-bond acceptors (Lipinski definition) is 2. The summed E-state index contributed by atoms with van der Waals surface area (Å²) in [6.45, 7) is 8.14. The molecule has 0 aliphatic carbocycles. The molecule has 2 heterocycles. The monoisotopic (exact) mass is 276 g/mol. The Hall–Kier alpha value is -0.626. The second kappa shape index (κ2) is 5.46. The van der Waals surface area contributed by atoms with Crippen LogP contribution in [0.25, 0.3) is 11.1 Å². The third-order valence-corrected chi connectivity index (χ3v) is 3.86. The van der Waals surface area contributed by atoms with Crippen LogP contribution in [-0.2, 0) is 16.5 Å². The Balaban J connectivity index is 0.00000112. The van der Waals surface area contributed by atoms with Crippen molar-refractivity contribution in [1.82, 2.24) is 0 Å². The Morgan fingerprint density at radius 1 is 0.867 bits per heavy atom. The van der Waals surface area contributed by atoms with Gasteiger partial charge in [-0.25, -0.2) is 0 Å². The van der Waals surface area contributed by atoms with Crippen LogP contribution in [0.15, 0.2) is 48.2 Å². The molecular weight excluding hydrogens is 267 g/mol. The third-order valence-electron chi connectivity index (χ3n) is 2.00. The molecule has 0 aliphatic heterocycles. The van der Waals surface area contributed by atoms with Gasteiger partial charge in [0.25, 0.3) is 0 Å². The van der Waals surface area contributed by atoms with Crippen LogP contribution < -0.4 is 0 Å². The number of thiophene rings is 2. The molecule has 0 nitrogen and oxygen atoms in total. The molecule has 2 rings (SSSR count). The maximum atomic E-state index is 4.07. The molecule has 0 saturated carbocycles. The van der Waals surface area contributed by atoms with Crippen molar-refractivity contribution < 1.29 is 16.5 Å². The summed E-state index contributed by atoms with van der Waals surface area (Å²) in [5, 5.41) is 4.12. The first kappa shape index (κ1) is 12.4. The van der Waals surface area contributed by atoms with Gasteiger partial charge in [-0.3, -0.25) is 0 Å². The molecule has 0 unspecified atom stereocenters. The summed E-state index contributed by atoms with van der Waals surface area (Å²) in [7, 11) is 0. The summed E-state index contributed by atoms with van der Waals surface area (Å²) < 4.78 is 0. The molecular formula is C12H10NiS2+2. The van der Waals surface area contributed by atoms with Crippen molar-refractivity contribution in [3.05, 3.63) is 57.9 Å². The Labute approximate surface area is 108 Å². The van der Waals surface area contributed by atoms with Crippen molar-refractivity contribution in [3.8, 4) is 0 Å². The standard InChI is InChI=1S/C12H10S2.Ni/c1-9(11-5-3-7-13-11)10(2)12-6-4-8-14-12;/h3-8H,1-2H2;/q;+2. The minimum absolute atomic E-state index is 0. The second-order valence-electron chi connectivity index (χ2n) is 2.91. The van der Waals surface area contributed by atoms with Gasteiger partial charge in [-0.05, 0) is 34.0 Å². The molecule has 0 spiro atoms. The van der Waals surface area contributed by atoms with Crippen LogP contribution in [0.4, 0.5) is 0 Å². The first-order chi connectivity index (χ1) is 6.79. The minimum Gasteiger partial charge on any atom is -0.144 e. The molecule has 0 atom stereocenters. The Morgan fingerprint density at radius 2 is 1.27 bits per heavy atom. The fraction of sp³-hybridized carbons (Fsp3) is 0. The zero-order chi connectivity index (χ0) is 9.97. The molecule has 0 aliphatic rings. The van der Waals surface area contributed by atoms with Gasteiger partial charge in [0.2, 0.25) is 0 Å². The molecule has 0 N–H and O–H groups in total. The van der Waals surface area contributed by atoms with E-state index in [0.29, 0.717) is 0 Å². The SMILES string of the molecule is C=C(C(=C)c1cccs1)c1cccs1.[Ni+2]. The molecule has 2 aromatic rings. The first-order valence-corrected chi connectivity index (χ1v) is 6.01. The van der Waals surface area contributed by atoms with Gasteiger partial charge in [-0.15, -0.1) is 22.7 Å². The van der Waals surface area contributed by atoms with Gasteiger partial charge in [-0.2, -0.15) is 0 Å². The zero-order valence-electron chi connectivity index (χ0n) is 8.01. The fourth-order valence-corrected chi connectivity index (χ4v) is 2.65. The van der Waals surface area contributed by atoms with Gasteiger partial charge in [0.15, 0.2) is 0 Å². The predicted octanol–water partition coefficient (Wildman–Crippen LogP) is 4.53. The van der Waals surface area contributed by atoms with E-state index in [-0.39, 0.29) is 16.5 Å². The smallest absolute Gasteiger partial charge is 0.144 e. The van der Waals surface area contributed by atoms with Crippen molar-refractivity contribution in [2.75, 3.05) is 0 Å². The average molecular weight is 277 g/mol. The van der Waals surface area contributed by atoms with Crippen LogP contribution in [0, 0.1) is 0 Å². The van der Waals surface area contributed by atoms with Crippen molar-refractivity contribution >= 4 is 33.8 Å². The molecule has 0 fully saturated rings. The molecule has 15 heavy (non-hydrogen) atoms. The normalized spacial score (nSPS) is 9.33. The van der Waals surface area contributed by atoms with Crippen LogP contribution in [0.3, 0.4) is 0 Å². The van der Waals surface area contributed by atoms with E-state index in [0.717, 1.165) is 11.1 Å². The van der Waals surface area contributed by atoms with E-state index in [2.05, 4.69) is 36.1 Å². The predicted molar refractivity (Wildman–Crippen MR) is 66.7 cm³/mol. The maximum absolute atomic E-state index is 4.07. The second-order valence-corrected chi connectivity index (χ2v) is 4.81. The third kappa shape index (κ3) is 2.69. The van der Waals surface area contributed by atoms with Crippen molar-refractivity contribution in [3.63, 3.8) is 0 Å². The molecule has 0 bridgehead atoms. The van der Waals surface area contributed by atoms with E-state index < -0.39 is 0 Å². The van der Waals surface area contributed by atoms with Crippen molar-refractivity contribution in [2.24, 2.45) is 0 Å². The van der Waals surface area contributed by atoms with Crippen molar-refractivity contribution in [1.29, 1.82) is 0 Å². The minimum atomic E-state index is 0. The summed E-state index contributed by atoms with van der Waals surface area (Å²) >= 11 is 3.40. The van der Waals surface area contributed by atoms with E-state index in [9.17, 15) is 0 Å². The topological polar surface area (TPSA) is 0 Å². The summed E-state index contributed by atoms with van der Waals surface area (Å²) in [6.07, 6.45) is 0. The van der Waals surface area contributed by atoms with Gasteiger partial charge in [0.1, 0.15) is 0 Å². The van der Waals surface area contributed by atoms with Crippen molar-refractivity contribution in [2.45, 2.75) is 0 Å². The van der Waals surface area contributed by atoms with Gasteiger partial charge in [0, 0.05) is 9.75 Å².